The predicted molar refractivity (Wildman–Crippen MR) is 79.2 cm³/mol. The van der Waals surface area contributed by atoms with E-state index in [4.69, 9.17) is 9.47 Å². The summed E-state index contributed by atoms with van der Waals surface area (Å²) in [7, 11) is 0. The van der Waals surface area contributed by atoms with Crippen molar-refractivity contribution in [3.8, 4) is 0 Å². The van der Waals surface area contributed by atoms with Crippen LogP contribution in [0.2, 0.25) is 0 Å². The van der Waals surface area contributed by atoms with E-state index >= 15 is 0 Å². The summed E-state index contributed by atoms with van der Waals surface area (Å²) in [5.74, 6) is -2.47. The first-order valence-electron chi connectivity index (χ1n) is 6.27. The summed E-state index contributed by atoms with van der Waals surface area (Å²) in [6.07, 6.45) is -0.688. The number of ether oxygens (including phenoxy) is 2. The zero-order chi connectivity index (χ0) is 14.8. The van der Waals surface area contributed by atoms with Gasteiger partial charge in [-0.2, -0.15) is 0 Å². The number of halogens is 1. The van der Waals surface area contributed by atoms with Crippen molar-refractivity contribution < 1.29 is 24.2 Å². The molecule has 5 nitrogen and oxygen atoms in total. The zero-order valence-electron chi connectivity index (χ0n) is 10.9. The molecular weight excluding hydrogens is 375 g/mol. The fourth-order valence-electron chi connectivity index (χ4n) is 2.36. The number of cyclic esters (lactones) is 1. The van der Waals surface area contributed by atoms with Gasteiger partial charge in [-0.15, -0.1) is 0 Å². The Morgan fingerprint density at radius 2 is 2.10 bits per heavy atom. The first-order chi connectivity index (χ1) is 9.55. The number of esters is 2. The van der Waals surface area contributed by atoms with E-state index in [1.54, 1.807) is 37.3 Å². The Morgan fingerprint density at radius 1 is 1.45 bits per heavy atom. The van der Waals surface area contributed by atoms with Crippen LogP contribution in [0.3, 0.4) is 0 Å². The number of hydrogen-bond donors (Lipinski definition) is 1. The summed E-state index contributed by atoms with van der Waals surface area (Å²) in [6, 6.07) is 8.36. The Morgan fingerprint density at radius 3 is 2.65 bits per heavy atom. The summed E-state index contributed by atoms with van der Waals surface area (Å²) in [5, 5.41) is 10.8. The van der Waals surface area contributed by atoms with E-state index in [-0.39, 0.29) is 6.61 Å². The summed E-state index contributed by atoms with van der Waals surface area (Å²) < 4.78 is 10.6. The van der Waals surface area contributed by atoms with Gasteiger partial charge in [-0.3, -0.25) is 4.79 Å². The van der Waals surface area contributed by atoms with Crippen LogP contribution in [0.15, 0.2) is 30.3 Å². The monoisotopic (exact) mass is 390 g/mol. The quantitative estimate of drug-likeness (QED) is 0.478. The third kappa shape index (κ3) is 2.42. The molecule has 6 heteroatoms. The number of carbonyl (C=O) groups is 2. The van der Waals surface area contributed by atoms with Gasteiger partial charge in [0.05, 0.1) is 6.61 Å². The Balaban J connectivity index is 2.47. The lowest BCUT2D eigenvalue weighted by molar-refractivity contribution is -0.164. The van der Waals surface area contributed by atoms with Gasteiger partial charge >= 0.3 is 11.9 Å². The Bertz CT molecular complexity index is 504. The first kappa shape index (κ1) is 15.2. The van der Waals surface area contributed by atoms with Crippen molar-refractivity contribution in [2.75, 3.05) is 11.0 Å². The smallest absolute Gasteiger partial charge is 0.344 e. The highest BCUT2D eigenvalue weighted by atomic mass is 127. The van der Waals surface area contributed by atoms with Crippen LogP contribution in [0.4, 0.5) is 0 Å². The number of aliphatic hydroxyl groups is 1. The SMILES string of the molecule is CCOC(=O)[C@@H]1[C@@H](CI)OC(=O)[C@]1(O)c1ccccc1. The van der Waals surface area contributed by atoms with Crippen LogP contribution in [0.25, 0.3) is 0 Å². The Hall–Kier alpha value is -1.15. The maximum atomic E-state index is 12.1. The molecule has 0 amide bonds. The number of alkyl halides is 1. The van der Waals surface area contributed by atoms with Crippen LogP contribution >= 0.6 is 22.6 Å². The maximum absolute atomic E-state index is 12.1. The molecule has 0 aromatic heterocycles. The topological polar surface area (TPSA) is 72.8 Å². The van der Waals surface area contributed by atoms with E-state index in [2.05, 4.69) is 0 Å². The average molecular weight is 390 g/mol. The zero-order valence-corrected chi connectivity index (χ0v) is 13.1. The molecule has 1 aromatic carbocycles. The Labute approximate surface area is 130 Å². The molecule has 0 saturated carbocycles. The van der Waals surface area contributed by atoms with Gasteiger partial charge in [-0.25, -0.2) is 4.79 Å². The molecular formula is C14H15IO5. The second-order valence-electron chi connectivity index (χ2n) is 4.46. The van der Waals surface area contributed by atoms with Crippen LogP contribution in [-0.4, -0.2) is 34.2 Å². The van der Waals surface area contributed by atoms with Crippen LogP contribution in [0, 0.1) is 5.92 Å². The van der Waals surface area contributed by atoms with Crippen LogP contribution < -0.4 is 0 Å². The molecule has 0 bridgehead atoms. The fourth-order valence-corrected chi connectivity index (χ4v) is 3.04. The van der Waals surface area contributed by atoms with Crippen LogP contribution in [-0.2, 0) is 24.7 Å². The molecule has 0 spiro atoms. The van der Waals surface area contributed by atoms with Crippen molar-refractivity contribution in [2.45, 2.75) is 18.6 Å². The Kier molecular flexibility index (Phi) is 4.64. The number of benzene rings is 1. The van der Waals surface area contributed by atoms with E-state index in [9.17, 15) is 14.7 Å². The summed E-state index contributed by atoms with van der Waals surface area (Å²) >= 11 is 2.02. The first-order valence-corrected chi connectivity index (χ1v) is 7.79. The molecule has 1 heterocycles. The van der Waals surface area contributed by atoms with Crippen molar-refractivity contribution in [3.63, 3.8) is 0 Å². The molecule has 2 rings (SSSR count). The lowest BCUT2D eigenvalue weighted by Gasteiger charge is -2.25. The minimum Gasteiger partial charge on any atom is -0.466 e. The highest BCUT2D eigenvalue weighted by Crippen LogP contribution is 2.41. The summed E-state index contributed by atoms with van der Waals surface area (Å²) in [6.45, 7) is 1.86. The van der Waals surface area contributed by atoms with E-state index in [0.29, 0.717) is 9.99 Å². The van der Waals surface area contributed by atoms with E-state index in [1.807, 2.05) is 22.6 Å². The van der Waals surface area contributed by atoms with E-state index in [0.717, 1.165) is 0 Å². The largest absolute Gasteiger partial charge is 0.466 e. The molecule has 108 valence electrons. The van der Waals surface area contributed by atoms with Gasteiger partial charge in [0.25, 0.3) is 0 Å². The molecule has 0 radical (unpaired) electrons. The fraction of sp³-hybridized carbons (Fsp3) is 0.429. The van der Waals surface area contributed by atoms with Crippen molar-refractivity contribution in [1.29, 1.82) is 0 Å². The predicted octanol–water partition coefficient (Wildman–Crippen LogP) is 1.41. The van der Waals surface area contributed by atoms with Crippen molar-refractivity contribution >= 4 is 34.5 Å². The molecule has 1 aliphatic heterocycles. The van der Waals surface area contributed by atoms with Crippen molar-refractivity contribution in [3.05, 3.63) is 35.9 Å². The molecule has 1 fully saturated rings. The number of rotatable bonds is 4. The van der Waals surface area contributed by atoms with Gasteiger partial charge < -0.3 is 14.6 Å². The van der Waals surface area contributed by atoms with Gasteiger partial charge in [-0.1, -0.05) is 52.9 Å². The third-order valence-corrected chi connectivity index (χ3v) is 4.17. The van der Waals surface area contributed by atoms with Crippen LogP contribution in [0.1, 0.15) is 12.5 Å². The van der Waals surface area contributed by atoms with E-state index < -0.39 is 29.6 Å². The highest BCUT2D eigenvalue weighted by molar-refractivity contribution is 14.1. The lowest BCUT2D eigenvalue weighted by Crippen LogP contribution is -2.44. The lowest BCUT2D eigenvalue weighted by atomic mass is 9.81. The van der Waals surface area contributed by atoms with E-state index in [1.165, 1.54) is 0 Å². The summed E-state index contributed by atoms with van der Waals surface area (Å²) in [4.78, 5) is 24.2. The van der Waals surface area contributed by atoms with Crippen molar-refractivity contribution in [1.82, 2.24) is 0 Å². The summed E-state index contributed by atoms with van der Waals surface area (Å²) in [5.41, 5.74) is -1.64. The molecule has 0 unspecified atom stereocenters. The normalized spacial score (nSPS) is 29.1. The van der Waals surface area contributed by atoms with Gasteiger partial charge in [0.1, 0.15) is 12.0 Å². The molecule has 1 aromatic rings. The second-order valence-corrected chi connectivity index (χ2v) is 5.34. The standard InChI is InChI=1S/C14H15IO5/c1-2-19-12(16)11-10(8-15)20-13(17)14(11,18)9-6-4-3-5-7-9/h3-7,10-11,18H,2,8H2,1H3/t10-,11+,14+/m1/s1. The average Bonchev–Trinajstić information content (AvgIpc) is 2.73. The minimum absolute atomic E-state index is 0.183. The van der Waals surface area contributed by atoms with Crippen LogP contribution in [0.5, 0.6) is 0 Å². The van der Waals surface area contributed by atoms with Gasteiger partial charge in [-0.05, 0) is 12.5 Å². The maximum Gasteiger partial charge on any atom is 0.344 e. The molecule has 1 saturated heterocycles. The molecule has 0 aliphatic carbocycles. The minimum atomic E-state index is -1.98. The molecule has 20 heavy (non-hydrogen) atoms. The van der Waals surface area contributed by atoms with Gasteiger partial charge in [0.2, 0.25) is 5.60 Å². The molecule has 3 atom stereocenters. The molecule has 1 aliphatic rings. The van der Waals surface area contributed by atoms with Gasteiger partial charge in [0.15, 0.2) is 0 Å². The van der Waals surface area contributed by atoms with Crippen molar-refractivity contribution in [2.24, 2.45) is 5.92 Å². The molecule has 1 N–H and O–H groups in total. The third-order valence-electron chi connectivity index (χ3n) is 3.30. The van der Waals surface area contributed by atoms with Gasteiger partial charge in [0, 0.05) is 4.43 Å². The second kappa shape index (κ2) is 6.09. The number of hydrogen-bond acceptors (Lipinski definition) is 5. The highest BCUT2D eigenvalue weighted by Gasteiger charge is 2.61. The number of carbonyl (C=O) groups excluding carboxylic acids is 2.